The normalized spacial score (nSPS) is 24.3. The molecule has 10 nitrogen and oxygen atoms in total. The number of allylic oxidation sites excluding steroid dienone is 2. The van der Waals surface area contributed by atoms with Crippen LogP contribution in [0.1, 0.15) is 29.5 Å². The predicted octanol–water partition coefficient (Wildman–Crippen LogP) is 3.51. The van der Waals surface area contributed by atoms with Crippen LogP contribution in [0, 0.1) is 5.92 Å². The molecule has 2 aliphatic heterocycles. The molecule has 0 bridgehead atoms. The van der Waals surface area contributed by atoms with Crippen molar-refractivity contribution in [1.82, 2.24) is 13.9 Å². The van der Waals surface area contributed by atoms with Crippen molar-refractivity contribution in [3.63, 3.8) is 0 Å². The number of aromatic hydroxyl groups is 1. The van der Waals surface area contributed by atoms with E-state index >= 15 is 4.79 Å². The molecule has 1 saturated carbocycles. The third kappa shape index (κ3) is 3.59. The van der Waals surface area contributed by atoms with E-state index in [1.54, 1.807) is 36.4 Å². The van der Waals surface area contributed by atoms with Crippen LogP contribution in [0.25, 0.3) is 0 Å². The smallest absolute Gasteiger partial charge is 0.347 e. The summed E-state index contributed by atoms with van der Waals surface area (Å²) in [4.78, 5) is 57.2. The molecule has 0 spiro atoms. The average molecular weight is 599 g/mol. The van der Waals surface area contributed by atoms with Gasteiger partial charge in [-0.05, 0) is 54.0 Å². The van der Waals surface area contributed by atoms with Crippen LogP contribution in [-0.2, 0) is 28.6 Å². The zero-order valence-electron chi connectivity index (χ0n) is 23.3. The van der Waals surface area contributed by atoms with Crippen molar-refractivity contribution in [2.24, 2.45) is 13.0 Å². The Morgan fingerprint density at radius 2 is 1.72 bits per heavy atom. The summed E-state index contributed by atoms with van der Waals surface area (Å²) in [5, 5.41) is 11.7. The van der Waals surface area contributed by atoms with E-state index in [1.165, 1.54) is 34.5 Å². The second kappa shape index (κ2) is 9.60. The molecule has 4 atom stereocenters. The summed E-state index contributed by atoms with van der Waals surface area (Å²) in [5.41, 5.74) is -0.554. The molecular weight excluding hydrogens is 572 g/mol. The van der Waals surface area contributed by atoms with Crippen molar-refractivity contribution in [2.75, 3.05) is 12.0 Å². The second-order valence-electron chi connectivity index (χ2n) is 11.1. The number of hydrogen-bond donors (Lipinski definition) is 1. The van der Waals surface area contributed by atoms with E-state index in [1.807, 2.05) is 36.4 Å². The number of nitrogens with zero attached hydrogens (tertiary/aromatic N) is 4. The van der Waals surface area contributed by atoms with E-state index in [0.717, 1.165) is 4.57 Å². The van der Waals surface area contributed by atoms with Crippen LogP contribution >= 0.6 is 11.6 Å². The maximum absolute atomic E-state index is 15.1. The zero-order valence-corrected chi connectivity index (χ0v) is 24.1. The topological polar surface area (TPSA) is 116 Å². The summed E-state index contributed by atoms with van der Waals surface area (Å²) < 4.78 is 9.29. The minimum atomic E-state index is -1.51. The molecular formula is C32H27ClN4O6. The lowest BCUT2D eigenvalue weighted by Crippen LogP contribution is -2.53. The first kappa shape index (κ1) is 27.0. The van der Waals surface area contributed by atoms with Crippen molar-refractivity contribution < 1.29 is 19.4 Å². The quantitative estimate of drug-likeness (QED) is 0.284. The highest BCUT2D eigenvalue weighted by molar-refractivity contribution is 6.32. The minimum Gasteiger partial charge on any atom is -0.508 e. The van der Waals surface area contributed by atoms with Crippen LogP contribution in [0.4, 0.5) is 5.69 Å². The minimum absolute atomic E-state index is 0.0763. The number of phenolic OH excluding ortho intramolecular Hbond substituents is 1. The maximum atomic E-state index is 15.1. The highest BCUT2D eigenvalue weighted by atomic mass is 35.5. The monoisotopic (exact) mass is 598 g/mol. The first-order chi connectivity index (χ1) is 20.7. The van der Waals surface area contributed by atoms with Gasteiger partial charge < -0.3 is 9.84 Å². The SMILES string of the molecule is COc1ccc(O)c([C@H]2C3=CCn4c(=O)n(C)c(=O)n4[C@@H]3C[C@H]3C(=O)N(c4cccc(Cl)c4)C(=O)[C@@]23c2ccccc2)c1. The van der Waals surface area contributed by atoms with Crippen LogP contribution < -0.4 is 21.0 Å². The van der Waals surface area contributed by atoms with Gasteiger partial charge in [-0.15, -0.1) is 0 Å². The number of methoxy groups -OCH3 is 1. The molecule has 1 aliphatic carbocycles. The van der Waals surface area contributed by atoms with Crippen molar-refractivity contribution in [2.45, 2.75) is 30.3 Å². The lowest BCUT2D eigenvalue weighted by atomic mass is 9.53. The molecule has 0 radical (unpaired) electrons. The van der Waals surface area contributed by atoms with E-state index in [4.69, 9.17) is 16.3 Å². The van der Waals surface area contributed by atoms with Crippen LogP contribution in [0.3, 0.4) is 0 Å². The second-order valence-corrected chi connectivity index (χ2v) is 11.5. The van der Waals surface area contributed by atoms with Crippen molar-refractivity contribution in [1.29, 1.82) is 0 Å². The Labute approximate surface area is 250 Å². The number of aromatic nitrogens is 3. The number of carbonyl (C=O) groups is 2. The van der Waals surface area contributed by atoms with Gasteiger partial charge in [0.1, 0.15) is 11.5 Å². The number of anilines is 1. The summed E-state index contributed by atoms with van der Waals surface area (Å²) in [5.74, 6) is -2.43. The Morgan fingerprint density at radius 3 is 2.44 bits per heavy atom. The molecule has 43 heavy (non-hydrogen) atoms. The first-order valence-electron chi connectivity index (χ1n) is 13.8. The van der Waals surface area contributed by atoms with E-state index in [2.05, 4.69) is 0 Å². The molecule has 11 heteroatoms. The Bertz CT molecular complexity index is 1980. The highest BCUT2D eigenvalue weighted by Gasteiger charge is 2.69. The first-order valence-corrected chi connectivity index (χ1v) is 14.2. The third-order valence-electron chi connectivity index (χ3n) is 9.17. The standard InChI is InChI=1S/C32H27ClN4O6/c1-34-30(41)35-14-13-22-25(37(35)31(34)42)17-24-28(39)36(20-10-6-9-19(33)15-20)29(40)32(24,18-7-4-3-5-8-18)27(22)23-16-21(43-2)11-12-26(23)38/h3-13,15-16,24-25,27,38H,14,17H2,1-2H3/t24-,25+,27+,32+/m0/s1. The Hall–Kier alpha value is -4.83. The fourth-order valence-electron chi connectivity index (χ4n) is 7.35. The zero-order chi connectivity index (χ0) is 30.2. The molecule has 1 saturated heterocycles. The van der Waals surface area contributed by atoms with Crippen LogP contribution in [0.15, 0.2) is 94.0 Å². The van der Waals surface area contributed by atoms with Gasteiger partial charge in [0.25, 0.3) is 0 Å². The van der Waals surface area contributed by atoms with Crippen molar-refractivity contribution in [3.8, 4) is 11.5 Å². The van der Waals surface area contributed by atoms with Gasteiger partial charge in [0.2, 0.25) is 11.8 Å². The van der Waals surface area contributed by atoms with Gasteiger partial charge >= 0.3 is 11.4 Å². The molecule has 218 valence electrons. The molecule has 4 aromatic rings. The average Bonchev–Trinajstić information content (AvgIpc) is 3.38. The number of ether oxygens (including phenoxy) is 1. The number of phenols is 1. The van der Waals surface area contributed by atoms with Crippen LogP contribution in [-0.4, -0.2) is 38.0 Å². The van der Waals surface area contributed by atoms with E-state index in [0.29, 0.717) is 33.2 Å². The van der Waals surface area contributed by atoms with Crippen molar-refractivity contribution >= 4 is 29.1 Å². The summed E-state index contributed by atoms with van der Waals surface area (Å²) in [6.07, 6.45) is 1.92. The van der Waals surface area contributed by atoms with Crippen LogP contribution in [0.2, 0.25) is 5.02 Å². The number of imide groups is 1. The number of halogens is 1. The lowest BCUT2D eigenvalue weighted by molar-refractivity contribution is -0.124. The number of rotatable bonds is 4. The van der Waals surface area contributed by atoms with E-state index < -0.39 is 46.5 Å². The van der Waals surface area contributed by atoms with Gasteiger partial charge in [-0.1, -0.05) is 54.1 Å². The number of fused-ring (bicyclic) bond motifs is 4. The number of carbonyl (C=O) groups excluding carboxylic acids is 2. The highest BCUT2D eigenvalue weighted by Crippen LogP contribution is 2.63. The molecule has 7 rings (SSSR count). The largest absolute Gasteiger partial charge is 0.508 e. The van der Waals surface area contributed by atoms with Gasteiger partial charge in [0.15, 0.2) is 0 Å². The summed E-state index contributed by atoms with van der Waals surface area (Å²) in [7, 11) is 2.92. The summed E-state index contributed by atoms with van der Waals surface area (Å²) >= 11 is 6.31. The Morgan fingerprint density at radius 1 is 0.953 bits per heavy atom. The van der Waals surface area contributed by atoms with E-state index in [9.17, 15) is 19.5 Å². The van der Waals surface area contributed by atoms with Gasteiger partial charge in [-0.25, -0.2) is 28.4 Å². The lowest BCUT2D eigenvalue weighted by Gasteiger charge is -2.49. The molecule has 3 heterocycles. The Kier molecular flexibility index (Phi) is 6.04. The maximum Gasteiger partial charge on any atom is 0.347 e. The van der Waals surface area contributed by atoms with Crippen LogP contribution in [0.5, 0.6) is 11.5 Å². The van der Waals surface area contributed by atoms with Gasteiger partial charge in [0.05, 0.1) is 36.7 Å². The predicted molar refractivity (Wildman–Crippen MR) is 159 cm³/mol. The molecule has 0 unspecified atom stereocenters. The molecule has 2 fully saturated rings. The van der Waals surface area contributed by atoms with Gasteiger partial charge in [0, 0.05) is 23.6 Å². The number of amides is 2. The van der Waals surface area contributed by atoms with Gasteiger partial charge in [-0.3, -0.25) is 9.59 Å². The number of hydrogen-bond acceptors (Lipinski definition) is 6. The summed E-state index contributed by atoms with van der Waals surface area (Å²) in [6.45, 7) is 0.0810. The number of benzene rings is 3. The molecule has 3 aromatic carbocycles. The van der Waals surface area contributed by atoms with E-state index in [-0.39, 0.29) is 18.7 Å². The fourth-order valence-corrected chi connectivity index (χ4v) is 7.53. The molecule has 1 N–H and O–H groups in total. The van der Waals surface area contributed by atoms with Crippen molar-refractivity contribution in [3.05, 3.63) is 122 Å². The molecule has 2 amide bonds. The molecule has 1 aromatic heterocycles. The summed E-state index contributed by atoms with van der Waals surface area (Å²) in [6, 6.07) is 19.7. The fraction of sp³-hybridized carbons (Fsp3) is 0.250. The van der Waals surface area contributed by atoms with Gasteiger partial charge in [-0.2, -0.15) is 0 Å². The Balaban J connectivity index is 1.58. The third-order valence-corrected chi connectivity index (χ3v) is 9.40. The molecule has 3 aliphatic rings.